The van der Waals surface area contributed by atoms with Crippen LogP contribution >= 0.6 is 0 Å². The molecule has 1 aromatic heterocycles. The minimum Gasteiger partial charge on any atom is -0.468 e. The highest BCUT2D eigenvalue weighted by Gasteiger charge is 2.33. The third kappa shape index (κ3) is 4.76. The topological polar surface area (TPSA) is 112 Å². The van der Waals surface area contributed by atoms with Crippen LogP contribution in [0.4, 0.5) is 0 Å². The maximum Gasteiger partial charge on any atom is 0.327 e. The summed E-state index contributed by atoms with van der Waals surface area (Å²) in [5, 5.41) is 7.14. The van der Waals surface area contributed by atoms with E-state index in [9.17, 15) is 13.2 Å². The lowest BCUT2D eigenvalue weighted by Crippen LogP contribution is -2.47. The standard InChI is InChI=1S/C14H24N4O5S/c1-22-11-14(3-5-15-6-4-14)10-17-24(20,21)12-7-16-18(8-12)9-13(19)23-2/h7-8,15,17H,3-6,9-11H2,1-2H3. The summed E-state index contributed by atoms with van der Waals surface area (Å²) in [5.41, 5.74) is -0.213. The van der Waals surface area contributed by atoms with Crippen molar-refractivity contribution >= 4 is 16.0 Å². The van der Waals surface area contributed by atoms with Gasteiger partial charge in [-0.2, -0.15) is 5.10 Å². The van der Waals surface area contributed by atoms with E-state index >= 15 is 0 Å². The highest BCUT2D eigenvalue weighted by Crippen LogP contribution is 2.28. The van der Waals surface area contributed by atoms with Crippen LogP contribution in [0.25, 0.3) is 0 Å². The first-order valence-corrected chi connectivity index (χ1v) is 9.18. The first kappa shape index (κ1) is 18.8. The van der Waals surface area contributed by atoms with Gasteiger partial charge in [0.25, 0.3) is 0 Å². The molecular weight excluding hydrogens is 336 g/mol. The smallest absolute Gasteiger partial charge is 0.327 e. The zero-order valence-electron chi connectivity index (χ0n) is 13.9. The Hall–Kier alpha value is -1.49. The van der Waals surface area contributed by atoms with Gasteiger partial charge in [-0.1, -0.05) is 0 Å². The SMILES string of the molecule is COCC1(CNS(=O)(=O)c2cnn(CC(=O)OC)c2)CCNCC1. The zero-order valence-corrected chi connectivity index (χ0v) is 14.8. The fourth-order valence-corrected chi connectivity index (χ4v) is 3.84. The Balaban J connectivity index is 2.03. The molecule has 0 bridgehead atoms. The molecule has 1 aliphatic rings. The number of esters is 1. The second-order valence-electron chi connectivity index (χ2n) is 5.96. The maximum absolute atomic E-state index is 12.5. The van der Waals surface area contributed by atoms with Crippen LogP contribution in [0, 0.1) is 5.41 Å². The second kappa shape index (κ2) is 8.06. The number of rotatable bonds is 8. The number of nitrogens with one attached hydrogen (secondary N) is 2. The van der Waals surface area contributed by atoms with Gasteiger partial charge in [-0.25, -0.2) is 13.1 Å². The summed E-state index contributed by atoms with van der Waals surface area (Å²) in [6.45, 7) is 2.33. The minimum atomic E-state index is -3.70. The molecule has 1 aliphatic heterocycles. The van der Waals surface area contributed by atoms with Crippen molar-refractivity contribution < 1.29 is 22.7 Å². The summed E-state index contributed by atoms with van der Waals surface area (Å²) < 4.78 is 38.6. The fourth-order valence-electron chi connectivity index (χ4n) is 2.73. The lowest BCUT2D eigenvalue weighted by atomic mass is 9.80. The maximum atomic E-state index is 12.5. The van der Waals surface area contributed by atoms with Gasteiger partial charge >= 0.3 is 5.97 Å². The average Bonchev–Trinajstić information content (AvgIpc) is 3.04. The van der Waals surface area contributed by atoms with Gasteiger partial charge in [0.1, 0.15) is 11.4 Å². The molecule has 0 atom stereocenters. The molecule has 0 unspecified atom stereocenters. The Bertz CT molecular complexity index is 646. The number of carbonyl (C=O) groups is 1. The van der Waals surface area contributed by atoms with Crippen LogP contribution in [0.5, 0.6) is 0 Å². The van der Waals surface area contributed by atoms with Gasteiger partial charge in [0.05, 0.1) is 19.9 Å². The van der Waals surface area contributed by atoms with Crippen LogP contribution < -0.4 is 10.0 Å². The summed E-state index contributed by atoms with van der Waals surface area (Å²) in [6, 6.07) is 0. The molecule has 0 aliphatic carbocycles. The Kier molecular flexibility index (Phi) is 6.33. The highest BCUT2D eigenvalue weighted by atomic mass is 32.2. The summed E-state index contributed by atoms with van der Waals surface area (Å²) >= 11 is 0. The monoisotopic (exact) mass is 360 g/mol. The van der Waals surface area contributed by atoms with E-state index in [4.69, 9.17) is 4.74 Å². The molecule has 1 fully saturated rings. The molecule has 0 amide bonds. The van der Waals surface area contributed by atoms with E-state index in [0.717, 1.165) is 25.9 Å². The largest absolute Gasteiger partial charge is 0.468 e. The Morgan fingerprint density at radius 3 is 2.75 bits per heavy atom. The minimum absolute atomic E-state index is 0.0212. The molecule has 0 aromatic carbocycles. The van der Waals surface area contributed by atoms with Crippen LogP contribution in [0.1, 0.15) is 12.8 Å². The van der Waals surface area contributed by atoms with Crippen LogP contribution in [0.2, 0.25) is 0 Å². The predicted molar refractivity (Wildman–Crippen MR) is 85.8 cm³/mol. The number of hydrogen-bond donors (Lipinski definition) is 2. The zero-order chi connectivity index (χ0) is 17.6. The van der Waals surface area contributed by atoms with E-state index in [-0.39, 0.29) is 16.9 Å². The number of nitrogens with zero attached hydrogens (tertiary/aromatic N) is 2. The number of aromatic nitrogens is 2. The van der Waals surface area contributed by atoms with Crippen LogP contribution in [0.15, 0.2) is 17.3 Å². The number of methoxy groups -OCH3 is 2. The van der Waals surface area contributed by atoms with Gasteiger partial charge in [-0.05, 0) is 25.9 Å². The Labute approximate surface area is 141 Å². The van der Waals surface area contributed by atoms with Crippen molar-refractivity contribution in [2.75, 3.05) is 40.5 Å². The van der Waals surface area contributed by atoms with Crippen molar-refractivity contribution in [3.8, 4) is 0 Å². The van der Waals surface area contributed by atoms with Gasteiger partial charge in [0.15, 0.2) is 0 Å². The summed E-state index contributed by atoms with van der Waals surface area (Å²) in [4.78, 5) is 11.2. The molecule has 24 heavy (non-hydrogen) atoms. The van der Waals surface area contributed by atoms with Crippen molar-refractivity contribution in [2.24, 2.45) is 5.41 Å². The molecule has 136 valence electrons. The number of sulfonamides is 1. The van der Waals surface area contributed by atoms with Crippen LogP contribution in [-0.2, 0) is 30.8 Å². The number of hydrogen-bond acceptors (Lipinski definition) is 7. The molecular formula is C14H24N4O5S. The quantitative estimate of drug-likeness (QED) is 0.593. The molecule has 0 radical (unpaired) electrons. The van der Waals surface area contributed by atoms with Crippen molar-refractivity contribution in [3.63, 3.8) is 0 Å². The van der Waals surface area contributed by atoms with Gasteiger partial charge in [0.2, 0.25) is 10.0 Å². The van der Waals surface area contributed by atoms with Gasteiger partial charge in [0, 0.05) is 25.3 Å². The number of piperidine rings is 1. The van der Waals surface area contributed by atoms with Crippen molar-refractivity contribution in [3.05, 3.63) is 12.4 Å². The molecule has 2 N–H and O–H groups in total. The number of ether oxygens (including phenoxy) is 2. The fraction of sp³-hybridized carbons (Fsp3) is 0.714. The van der Waals surface area contributed by atoms with E-state index < -0.39 is 16.0 Å². The predicted octanol–water partition coefficient (Wildman–Crippen LogP) is -0.649. The highest BCUT2D eigenvalue weighted by molar-refractivity contribution is 7.89. The Morgan fingerprint density at radius 2 is 2.12 bits per heavy atom. The third-order valence-electron chi connectivity index (χ3n) is 4.19. The lowest BCUT2D eigenvalue weighted by Gasteiger charge is -2.37. The third-order valence-corrected chi connectivity index (χ3v) is 5.55. The van der Waals surface area contributed by atoms with Gasteiger partial charge in [-0.3, -0.25) is 9.48 Å². The summed E-state index contributed by atoms with van der Waals surface area (Å²) in [6.07, 6.45) is 4.21. The Morgan fingerprint density at radius 1 is 1.42 bits per heavy atom. The molecule has 1 saturated heterocycles. The normalized spacial score (nSPS) is 17.6. The summed E-state index contributed by atoms with van der Waals surface area (Å²) in [5.74, 6) is -0.497. The van der Waals surface area contributed by atoms with E-state index in [2.05, 4.69) is 19.9 Å². The molecule has 2 rings (SSSR count). The van der Waals surface area contributed by atoms with E-state index in [1.54, 1.807) is 7.11 Å². The lowest BCUT2D eigenvalue weighted by molar-refractivity contribution is -0.141. The number of carbonyl (C=O) groups excluding carboxylic acids is 1. The molecule has 0 spiro atoms. The molecule has 9 nitrogen and oxygen atoms in total. The van der Waals surface area contributed by atoms with Crippen molar-refractivity contribution in [1.82, 2.24) is 19.8 Å². The molecule has 1 aromatic rings. The van der Waals surface area contributed by atoms with E-state index in [1.165, 1.54) is 24.2 Å². The second-order valence-corrected chi connectivity index (χ2v) is 7.72. The van der Waals surface area contributed by atoms with Crippen molar-refractivity contribution in [2.45, 2.75) is 24.3 Å². The van der Waals surface area contributed by atoms with E-state index in [1.807, 2.05) is 0 Å². The van der Waals surface area contributed by atoms with E-state index in [0.29, 0.717) is 13.2 Å². The first-order valence-electron chi connectivity index (χ1n) is 7.69. The van der Waals surface area contributed by atoms with Gasteiger partial charge < -0.3 is 14.8 Å². The molecule has 2 heterocycles. The van der Waals surface area contributed by atoms with Gasteiger partial charge in [-0.15, -0.1) is 0 Å². The van der Waals surface area contributed by atoms with Crippen LogP contribution in [-0.4, -0.2) is 64.6 Å². The van der Waals surface area contributed by atoms with Crippen molar-refractivity contribution in [1.29, 1.82) is 0 Å². The molecule has 0 saturated carbocycles. The molecule has 10 heteroatoms. The first-order chi connectivity index (χ1) is 11.4. The average molecular weight is 360 g/mol. The van der Waals surface area contributed by atoms with Crippen LogP contribution in [0.3, 0.4) is 0 Å². The summed E-state index contributed by atoms with van der Waals surface area (Å²) in [7, 11) is -0.816.